The number of hydrogen-bond donors (Lipinski definition) is 1. The molecule has 1 aromatic rings. The quantitative estimate of drug-likeness (QED) is 0.592. The number of fused-ring (bicyclic) bond motifs is 2. The Labute approximate surface area is 247 Å². The average Bonchev–Trinajstić information content (AvgIpc) is 3.48. The summed E-state index contributed by atoms with van der Waals surface area (Å²) >= 11 is 0. The van der Waals surface area contributed by atoms with Gasteiger partial charge in [0.05, 0.1) is 5.25 Å². The summed E-state index contributed by atoms with van der Waals surface area (Å²) in [5.74, 6) is 0. The molecule has 7 nitrogen and oxygen atoms in total. The normalized spacial score (nSPS) is 22.1. The van der Waals surface area contributed by atoms with E-state index in [9.17, 15) is 13.2 Å². The van der Waals surface area contributed by atoms with Crippen molar-refractivity contribution in [2.75, 3.05) is 38.0 Å². The Morgan fingerprint density at radius 2 is 1.56 bits per heavy atom. The molecular weight excluding hydrogens is 475 g/mol. The first-order valence-corrected chi connectivity index (χ1v) is 14.4. The summed E-state index contributed by atoms with van der Waals surface area (Å²) in [6.07, 6.45) is 9.58. The Balaban J connectivity index is 0.00000274. The number of likely N-dealkylation sites (tertiary alicyclic amines) is 2. The van der Waals surface area contributed by atoms with E-state index in [-0.39, 0.29) is 51.4 Å². The Bertz CT molecular complexity index is 968. The van der Waals surface area contributed by atoms with Crippen LogP contribution in [-0.4, -0.2) is 68.3 Å². The van der Waals surface area contributed by atoms with Gasteiger partial charge in [-0.25, -0.2) is 8.42 Å². The van der Waals surface area contributed by atoms with Crippen molar-refractivity contribution in [1.82, 2.24) is 9.80 Å². The summed E-state index contributed by atoms with van der Waals surface area (Å²) in [5, 5.41) is 2.35. The van der Waals surface area contributed by atoms with Crippen molar-refractivity contribution in [2.24, 2.45) is 0 Å². The standard InChI is InChI=1S/C25H38N4O3S.K/c1-2-28-13-9-20(10-14-28)29-15-11-21(12-16-29)33(31,32)27-25(30)26-24-22-7-3-5-18(22)17-19-6-4-8-23(19)24;/h17,20-21H,2-16H2,1H3,(H2,26,27,30);/q;+1/p-1. The maximum atomic E-state index is 13.0. The molecule has 2 heterocycles. The van der Waals surface area contributed by atoms with Gasteiger partial charge in [0.2, 0.25) is 0 Å². The minimum atomic E-state index is -3.82. The van der Waals surface area contributed by atoms with Crippen molar-refractivity contribution in [2.45, 2.75) is 82.4 Å². The van der Waals surface area contributed by atoms with Gasteiger partial charge in [-0.15, -0.1) is 0 Å². The number of aryl methyl sites for hydroxylation is 2. The molecule has 9 heteroatoms. The molecule has 0 radical (unpaired) electrons. The van der Waals surface area contributed by atoms with Crippen molar-refractivity contribution in [3.8, 4) is 0 Å². The fourth-order valence-corrected chi connectivity index (χ4v) is 7.66. The summed E-state index contributed by atoms with van der Waals surface area (Å²) in [6.45, 7) is 7.11. The zero-order chi connectivity index (χ0) is 23.0. The molecule has 1 N–H and O–H groups in total. The van der Waals surface area contributed by atoms with Gasteiger partial charge in [0.1, 0.15) is 0 Å². The number of carbonyl (C=O) groups excluding carboxylic acids is 1. The number of nitrogens with one attached hydrogen (secondary N) is 1. The first kappa shape index (κ1) is 27.0. The fourth-order valence-electron chi connectivity index (χ4n) is 6.43. The second kappa shape index (κ2) is 11.6. The van der Waals surface area contributed by atoms with E-state index < -0.39 is 21.3 Å². The van der Waals surface area contributed by atoms with Crippen molar-refractivity contribution in [1.29, 1.82) is 0 Å². The zero-order valence-corrected chi connectivity index (χ0v) is 24.8. The maximum Gasteiger partial charge on any atom is 1.00 e. The van der Waals surface area contributed by atoms with E-state index >= 15 is 0 Å². The van der Waals surface area contributed by atoms with Crippen LogP contribution in [0.3, 0.4) is 0 Å². The predicted molar refractivity (Wildman–Crippen MR) is 132 cm³/mol. The third-order valence-electron chi connectivity index (χ3n) is 8.33. The van der Waals surface area contributed by atoms with E-state index in [0.29, 0.717) is 18.9 Å². The number of anilines is 1. The molecule has 0 aromatic heterocycles. The monoisotopic (exact) mass is 512 g/mol. The van der Waals surface area contributed by atoms with Crippen LogP contribution in [0.5, 0.6) is 0 Å². The number of piperidine rings is 2. The van der Waals surface area contributed by atoms with E-state index in [2.05, 4.69) is 32.8 Å². The fraction of sp³-hybridized carbons (Fsp3) is 0.720. The molecule has 5 rings (SSSR count). The van der Waals surface area contributed by atoms with E-state index in [1.54, 1.807) is 0 Å². The molecule has 2 aliphatic carbocycles. The van der Waals surface area contributed by atoms with Gasteiger partial charge in [-0.2, -0.15) is 0 Å². The Hall–Kier alpha value is -0.00364. The molecule has 2 amide bonds. The van der Waals surface area contributed by atoms with Crippen LogP contribution in [-0.2, 0) is 35.7 Å². The molecule has 2 aliphatic heterocycles. The van der Waals surface area contributed by atoms with Crippen LogP contribution in [0.4, 0.5) is 10.5 Å². The molecule has 1 aromatic carbocycles. The molecule has 2 saturated heterocycles. The van der Waals surface area contributed by atoms with E-state index in [1.165, 1.54) is 22.3 Å². The number of hydrogen-bond acceptors (Lipinski definition) is 5. The number of amides is 2. The molecule has 2 fully saturated rings. The predicted octanol–water partition coefficient (Wildman–Crippen LogP) is 0.852. The van der Waals surface area contributed by atoms with Gasteiger partial charge in [0, 0.05) is 6.04 Å². The largest absolute Gasteiger partial charge is 1.00 e. The number of carbonyl (C=O) groups is 1. The van der Waals surface area contributed by atoms with Crippen LogP contribution >= 0.6 is 0 Å². The first-order valence-electron chi connectivity index (χ1n) is 12.9. The Kier molecular flexibility index (Phi) is 9.22. The van der Waals surface area contributed by atoms with Gasteiger partial charge < -0.3 is 19.8 Å². The van der Waals surface area contributed by atoms with Crippen LogP contribution in [0, 0.1) is 0 Å². The Morgan fingerprint density at radius 3 is 2.12 bits per heavy atom. The van der Waals surface area contributed by atoms with Crippen molar-refractivity contribution < 1.29 is 64.6 Å². The number of rotatable bonds is 5. The minimum Gasteiger partial charge on any atom is -0.423 e. The zero-order valence-electron chi connectivity index (χ0n) is 20.8. The van der Waals surface area contributed by atoms with Crippen LogP contribution in [0.2, 0.25) is 0 Å². The average molecular weight is 513 g/mol. The summed E-state index contributed by atoms with van der Waals surface area (Å²) in [6, 6.07) is 2.13. The second-order valence-corrected chi connectivity index (χ2v) is 12.1. The van der Waals surface area contributed by atoms with Crippen LogP contribution in [0.15, 0.2) is 6.07 Å². The first-order chi connectivity index (χ1) is 15.9. The van der Waals surface area contributed by atoms with Gasteiger partial charge in [0.25, 0.3) is 0 Å². The van der Waals surface area contributed by atoms with Crippen molar-refractivity contribution in [3.63, 3.8) is 0 Å². The van der Waals surface area contributed by atoms with Gasteiger partial charge in [-0.3, -0.25) is 4.79 Å². The number of urea groups is 1. The van der Waals surface area contributed by atoms with Gasteiger partial charge in [0.15, 0.2) is 16.1 Å². The maximum absolute atomic E-state index is 13.0. The number of sulfonamides is 1. The van der Waals surface area contributed by atoms with Crippen LogP contribution in [0.1, 0.15) is 67.7 Å². The molecule has 0 saturated carbocycles. The van der Waals surface area contributed by atoms with Gasteiger partial charge >= 0.3 is 51.4 Å². The smallest absolute Gasteiger partial charge is 0.423 e. The topological polar surface area (TPSA) is 83.8 Å². The molecule has 0 atom stereocenters. The molecule has 0 spiro atoms. The van der Waals surface area contributed by atoms with Crippen LogP contribution < -0.4 is 56.7 Å². The summed E-state index contributed by atoms with van der Waals surface area (Å²) in [7, 11) is -3.82. The second-order valence-electron chi connectivity index (χ2n) is 10.2. The molecule has 0 unspecified atom stereocenters. The van der Waals surface area contributed by atoms with E-state index in [1.807, 2.05) is 0 Å². The van der Waals surface area contributed by atoms with Crippen molar-refractivity contribution >= 4 is 21.7 Å². The molecule has 182 valence electrons. The van der Waals surface area contributed by atoms with E-state index in [4.69, 9.17) is 0 Å². The molecule has 34 heavy (non-hydrogen) atoms. The summed E-state index contributed by atoms with van der Waals surface area (Å²) < 4.78 is 29.7. The SMILES string of the molecule is CCN1CCC(N2CCC(S(=O)(=O)[N-]C(=O)Nc3c4c(cc5c3CCC5)CCC4)CC2)CC1.[K+]. The minimum absolute atomic E-state index is 0. The van der Waals surface area contributed by atoms with Gasteiger partial charge in [-0.05, 0) is 125 Å². The van der Waals surface area contributed by atoms with Gasteiger partial charge in [-0.1, -0.05) is 13.0 Å². The summed E-state index contributed by atoms with van der Waals surface area (Å²) in [5.41, 5.74) is 5.87. The molecule has 0 bridgehead atoms. The van der Waals surface area contributed by atoms with Crippen LogP contribution in [0.25, 0.3) is 4.72 Å². The Morgan fingerprint density at radius 1 is 0.971 bits per heavy atom. The third kappa shape index (κ3) is 5.77. The molecule has 4 aliphatic rings. The third-order valence-corrected chi connectivity index (χ3v) is 10.1. The van der Waals surface area contributed by atoms with Crippen molar-refractivity contribution in [3.05, 3.63) is 33.0 Å². The number of benzene rings is 1. The number of nitrogens with zero attached hydrogens (tertiary/aromatic N) is 3. The van der Waals surface area contributed by atoms with E-state index in [0.717, 1.165) is 89.8 Å². The summed E-state index contributed by atoms with van der Waals surface area (Å²) in [4.78, 5) is 17.7. The molecular formula is C25H37KN4O3S.